The standard InChI is InChI=1S/C47H33FN4/c1-30-17-24-38(31(2)27-30)36-21-26-43-41(28-36)39-15-9-10-16-42(39)52(43)44-29-35(32-18-22-37(48)23-19-32)20-25-40(44)47-50-45(33-11-5-3-6-12-33)49-46(51-47)34-13-7-4-8-14-34/h3-29H,1-2H3. The summed E-state index contributed by atoms with van der Waals surface area (Å²) in [6.45, 7) is 4.30. The molecule has 0 saturated carbocycles. The van der Waals surface area contributed by atoms with Gasteiger partial charge < -0.3 is 4.57 Å². The van der Waals surface area contributed by atoms with E-state index in [0.717, 1.165) is 55.3 Å². The summed E-state index contributed by atoms with van der Waals surface area (Å²) < 4.78 is 16.4. The van der Waals surface area contributed by atoms with Crippen LogP contribution in [0.25, 0.3) is 83.9 Å². The summed E-state index contributed by atoms with van der Waals surface area (Å²) in [5.74, 6) is 1.48. The first-order chi connectivity index (χ1) is 25.5. The molecule has 4 nitrogen and oxygen atoms in total. The van der Waals surface area contributed by atoms with Gasteiger partial charge in [0.1, 0.15) is 5.82 Å². The summed E-state index contributed by atoms with van der Waals surface area (Å²) in [6.07, 6.45) is 0. The quantitative estimate of drug-likeness (QED) is 0.177. The number of benzene rings is 7. The van der Waals surface area contributed by atoms with E-state index in [1.165, 1.54) is 34.4 Å². The topological polar surface area (TPSA) is 43.6 Å². The molecule has 9 aromatic rings. The Kier molecular flexibility index (Phi) is 7.74. The highest BCUT2D eigenvalue weighted by Gasteiger charge is 2.21. The fourth-order valence-electron chi connectivity index (χ4n) is 7.19. The van der Waals surface area contributed by atoms with E-state index in [4.69, 9.17) is 15.0 Å². The van der Waals surface area contributed by atoms with Gasteiger partial charge in [0.2, 0.25) is 0 Å². The van der Waals surface area contributed by atoms with Crippen LogP contribution in [-0.4, -0.2) is 19.5 Å². The van der Waals surface area contributed by atoms with Gasteiger partial charge in [0.15, 0.2) is 17.5 Å². The van der Waals surface area contributed by atoms with Crippen LogP contribution in [0.4, 0.5) is 4.39 Å². The Morgan fingerprint density at radius 2 is 1.00 bits per heavy atom. The van der Waals surface area contributed by atoms with Crippen molar-refractivity contribution in [3.63, 3.8) is 0 Å². The Balaban J connectivity index is 1.33. The SMILES string of the molecule is Cc1ccc(-c2ccc3c(c2)c2ccccc2n3-c2cc(-c3ccc(F)cc3)ccc2-c2nc(-c3ccccc3)nc(-c3ccccc3)n2)c(C)c1. The molecule has 0 aliphatic heterocycles. The third-order valence-corrected chi connectivity index (χ3v) is 9.72. The van der Waals surface area contributed by atoms with E-state index in [1.807, 2.05) is 72.8 Å². The maximum Gasteiger partial charge on any atom is 0.166 e. The largest absolute Gasteiger partial charge is 0.308 e. The van der Waals surface area contributed by atoms with Crippen molar-refractivity contribution < 1.29 is 4.39 Å². The Hall–Kier alpha value is -6.72. The van der Waals surface area contributed by atoms with Crippen molar-refractivity contribution in [2.24, 2.45) is 0 Å². The van der Waals surface area contributed by atoms with E-state index >= 15 is 0 Å². The minimum Gasteiger partial charge on any atom is -0.308 e. The molecule has 0 aliphatic rings. The maximum absolute atomic E-state index is 14.1. The molecule has 0 spiro atoms. The highest BCUT2D eigenvalue weighted by atomic mass is 19.1. The maximum atomic E-state index is 14.1. The van der Waals surface area contributed by atoms with Gasteiger partial charge in [-0.1, -0.05) is 127 Å². The van der Waals surface area contributed by atoms with Gasteiger partial charge in [-0.3, -0.25) is 0 Å². The summed E-state index contributed by atoms with van der Waals surface area (Å²) in [6, 6.07) is 54.9. The predicted molar refractivity (Wildman–Crippen MR) is 211 cm³/mol. The zero-order valence-electron chi connectivity index (χ0n) is 28.8. The Morgan fingerprint density at radius 3 is 1.69 bits per heavy atom. The molecule has 0 atom stereocenters. The molecule has 0 fully saturated rings. The summed E-state index contributed by atoms with van der Waals surface area (Å²) in [5, 5.41) is 2.30. The number of halogens is 1. The van der Waals surface area contributed by atoms with E-state index in [9.17, 15) is 4.39 Å². The number of aryl methyl sites for hydroxylation is 2. The molecule has 7 aromatic carbocycles. The van der Waals surface area contributed by atoms with Crippen LogP contribution in [-0.2, 0) is 0 Å². The van der Waals surface area contributed by atoms with Crippen molar-refractivity contribution in [3.05, 3.63) is 181 Å². The average Bonchev–Trinajstić information content (AvgIpc) is 3.52. The Bertz CT molecular complexity index is 2690. The number of hydrogen-bond acceptors (Lipinski definition) is 3. The van der Waals surface area contributed by atoms with Crippen molar-refractivity contribution in [1.29, 1.82) is 0 Å². The van der Waals surface area contributed by atoms with Crippen molar-refractivity contribution >= 4 is 21.8 Å². The first-order valence-corrected chi connectivity index (χ1v) is 17.4. The molecule has 0 amide bonds. The van der Waals surface area contributed by atoms with E-state index in [-0.39, 0.29) is 5.82 Å². The minimum absolute atomic E-state index is 0.269. The molecule has 0 aliphatic carbocycles. The number of para-hydroxylation sites is 1. The molecular weight excluding hydrogens is 640 g/mol. The highest BCUT2D eigenvalue weighted by molar-refractivity contribution is 6.11. The second-order valence-electron chi connectivity index (χ2n) is 13.2. The molecule has 52 heavy (non-hydrogen) atoms. The molecule has 2 heterocycles. The van der Waals surface area contributed by atoms with Crippen molar-refractivity contribution in [2.75, 3.05) is 0 Å². The normalized spacial score (nSPS) is 11.4. The first-order valence-electron chi connectivity index (χ1n) is 17.4. The Labute approximate surface area is 301 Å². The minimum atomic E-state index is -0.269. The van der Waals surface area contributed by atoms with Crippen LogP contribution in [0.5, 0.6) is 0 Å². The number of hydrogen-bond donors (Lipinski definition) is 0. The van der Waals surface area contributed by atoms with Gasteiger partial charge in [-0.05, 0) is 84.1 Å². The van der Waals surface area contributed by atoms with Crippen LogP contribution in [0.3, 0.4) is 0 Å². The van der Waals surface area contributed by atoms with E-state index in [1.54, 1.807) is 0 Å². The van der Waals surface area contributed by atoms with Gasteiger partial charge in [-0.2, -0.15) is 0 Å². The van der Waals surface area contributed by atoms with Crippen molar-refractivity contribution in [1.82, 2.24) is 19.5 Å². The zero-order valence-corrected chi connectivity index (χ0v) is 28.8. The van der Waals surface area contributed by atoms with Gasteiger partial charge in [0.25, 0.3) is 0 Å². The molecular formula is C47H33FN4. The fraction of sp³-hybridized carbons (Fsp3) is 0.0426. The summed E-state index contributed by atoms with van der Waals surface area (Å²) in [4.78, 5) is 15.2. The van der Waals surface area contributed by atoms with Crippen LogP contribution < -0.4 is 0 Å². The number of nitrogens with zero attached hydrogens (tertiary/aromatic N) is 4. The molecule has 0 saturated heterocycles. The van der Waals surface area contributed by atoms with Crippen LogP contribution >= 0.6 is 0 Å². The number of rotatable bonds is 6. The highest BCUT2D eigenvalue weighted by Crippen LogP contribution is 2.40. The molecule has 0 unspecified atom stereocenters. The molecule has 2 aromatic heterocycles. The second-order valence-corrected chi connectivity index (χ2v) is 13.2. The van der Waals surface area contributed by atoms with Gasteiger partial charge in [0, 0.05) is 27.5 Å². The zero-order chi connectivity index (χ0) is 35.2. The number of fused-ring (bicyclic) bond motifs is 3. The number of aromatic nitrogens is 4. The lowest BCUT2D eigenvalue weighted by atomic mass is 9.97. The predicted octanol–water partition coefficient (Wildman–Crippen LogP) is 12.1. The van der Waals surface area contributed by atoms with Crippen LogP contribution in [0.15, 0.2) is 164 Å². The molecule has 0 bridgehead atoms. The molecule has 0 N–H and O–H groups in total. The van der Waals surface area contributed by atoms with Gasteiger partial charge in [0.05, 0.1) is 16.7 Å². The lowest BCUT2D eigenvalue weighted by molar-refractivity contribution is 0.628. The van der Waals surface area contributed by atoms with Gasteiger partial charge in [-0.25, -0.2) is 19.3 Å². The third kappa shape index (κ3) is 5.62. The molecule has 0 radical (unpaired) electrons. The van der Waals surface area contributed by atoms with Crippen molar-refractivity contribution in [3.8, 4) is 62.1 Å². The monoisotopic (exact) mass is 672 g/mol. The second kappa shape index (κ2) is 12.9. The van der Waals surface area contributed by atoms with Crippen molar-refractivity contribution in [2.45, 2.75) is 13.8 Å². The average molecular weight is 673 g/mol. The van der Waals surface area contributed by atoms with Crippen LogP contribution in [0.2, 0.25) is 0 Å². The Morgan fingerprint density at radius 1 is 0.423 bits per heavy atom. The van der Waals surface area contributed by atoms with E-state index in [2.05, 4.69) is 97.3 Å². The fourth-order valence-corrected chi connectivity index (χ4v) is 7.19. The summed E-state index contributed by atoms with van der Waals surface area (Å²) >= 11 is 0. The first kappa shape index (κ1) is 31.3. The smallest absolute Gasteiger partial charge is 0.166 e. The van der Waals surface area contributed by atoms with Crippen LogP contribution in [0, 0.1) is 19.7 Å². The molecule has 9 rings (SSSR count). The van der Waals surface area contributed by atoms with E-state index < -0.39 is 0 Å². The van der Waals surface area contributed by atoms with Crippen LogP contribution in [0.1, 0.15) is 11.1 Å². The van der Waals surface area contributed by atoms with E-state index in [0.29, 0.717) is 17.5 Å². The summed E-state index contributed by atoms with van der Waals surface area (Å²) in [5.41, 5.74) is 12.5. The van der Waals surface area contributed by atoms with Gasteiger partial charge in [-0.15, -0.1) is 0 Å². The third-order valence-electron chi connectivity index (χ3n) is 9.72. The lowest BCUT2D eigenvalue weighted by Gasteiger charge is -2.16. The molecule has 248 valence electrons. The summed E-state index contributed by atoms with van der Waals surface area (Å²) in [7, 11) is 0. The van der Waals surface area contributed by atoms with Gasteiger partial charge >= 0.3 is 0 Å². The molecule has 5 heteroatoms. The lowest BCUT2D eigenvalue weighted by Crippen LogP contribution is -2.04.